The Kier molecular flexibility index (Phi) is 6.28. The highest BCUT2D eigenvalue weighted by Gasteiger charge is 2.19. The fourth-order valence-corrected chi connectivity index (χ4v) is 3.44. The molecule has 2 aromatic rings. The van der Waals surface area contributed by atoms with Crippen molar-refractivity contribution in [3.8, 4) is 11.6 Å². The van der Waals surface area contributed by atoms with Gasteiger partial charge in [-0.3, -0.25) is 4.79 Å². The zero-order chi connectivity index (χ0) is 19.2. The molecule has 0 saturated heterocycles. The maximum Gasteiger partial charge on any atom is 0.342 e. The Labute approximate surface area is 161 Å². The summed E-state index contributed by atoms with van der Waals surface area (Å²) in [6.45, 7) is 0. The summed E-state index contributed by atoms with van der Waals surface area (Å²) < 4.78 is 5.67. The molecular weight excluding hydrogens is 366 g/mol. The molecule has 1 aromatic heterocycles. The maximum atomic E-state index is 12.2. The molecule has 7 nitrogen and oxygen atoms in total. The zero-order valence-corrected chi connectivity index (χ0v) is 15.8. The van der Waals surface area contributed by atoms with Gasteiger partial charge in [0.05, 0.1) is 0 Å². The minimum atomic E-state index is -1.17. The minimum Gasteiger partial charge on any atom is -0.477 e. The van der Waals surface area contributed by atoms with E-state index in [0.717, 1.165) is 12.8 Å². The fraction of sp³-hybridized carbons (Fsp3) is 0.368. The van der Waals surface area contributed by atoms with Gasteiger partial charge in [-0.05, 0) is 37.1 Å². The van der Waals surface area contributed by atoms with E-state index in [0.29, 0.717) is 28.9 Å². The lowest BCUT2D eigenvalue weighted by Gasteiger charge is -2.12. The summed E-state index contributed by atoms with van der Waals surface area (Å²) in [6, 6.07) is 6.83. The average molecular weight is 387 g/mol. The van der Waals surface area contributed by atoms with E-state index in [1.54, 1.807) is 30.5 Å². The second-order valence-electron chi connectivity index (χ2n) is 6.41. The van der Waals surface area contributed by atoms with Crippen molar-refractivity contribution in [3.63, 3.8) is 0 Å². The normalized spacial score (nSPS) is 14.1. The first-order valence-electron chi connectivity index (χ1n) is 8.77. The van der Waals surface area contributed by atoms with Crippen molar-refractivity contribution < 1.29 is 19.4 Å². The van der Waals surface area contributed by atoms with Gasteiger partial charge in [-0.1, -0.05) is 30.7 Å². The van der Waals surface area contributed by atoms with Gasteiger partial charge in [0, 0.05) is 24.4 Å². The van der Waals surface area contributed by atoms with E-state index < -0.39 is 5.97 Å². The van der Waals surface area contributed by atoms with Crippen LogP contribution in [-0.2, 0) is 4.79 Å². The van der Waals surface area contributed by atoms with Gasteiger partial charge in [-0.2, -0.15) is 4.98 Å². The summed E-state index contributed by atoms with van der Waals surface area (Å²) in [7, 11) is 0. The lowest BCUT2D eigenvalue weighted by atomic mass is 10.0. The summed E-state index contributed by atoms with van der Waals surface area (Å²) in [6.07, 6.45) is 8.16. The van der Waals surface area contributed by atoms with Crippen molar-refractivity contribution in [2.75, 3.05) is 11.6 Å². The maximum absolute atomic E-state index is 12.2. The Morgan fingerprint density at radius 3 is 2.81 bits per heavy atom. The summed E-state index contributed by atoms with van der Waals surface area (Å²) in [5.41, 5.74) is 0.481. The van der Waals surface area contributed by atoms with Crippen LogP contribution in [0.4, 0.5) is 5.69 Å². The molecule has 1 aliphatic carbocycles. The predicted molar refractivity (Wildman–Crippen MR) is 102 cm³/mol. The Morgan fingerprint density at radius 1 is 1.33 bits per heavy atom. The van der Waals surface area contributed by atoms with Gasteiger partial charge in [-0.15, -0.1) is 0 Å². The fourth-order valence-electron chi connectivity index (χ4n) is 3.11. The topological polar surface area (TPSA) is 101 Å². The van der Waals surface area contributed by atoms with Crippen molar-refractivity contribution in [2.45, 2.75) is 37.3 Å². The number of aromatic carboxylic acids is 1. The van der Waals surface area contributed by atoms with Gasteiger partial charge >= 0.3 is 5.97 Å². The highest BCUT2D eigenvalue weighted by atomic mass is 32.2. The van der Waals surface area contributed by atoms with Crippen LogP contribution in [0.1, 0.15) is 42.5 Å². The van der Waals surface area contributed by atoms with E-state index in [1.165, 1.54) is 30.8 Å². The molecule has 0 atom stereocenters. The van der Waals surface area contributed by atoms with Crippen LogP contribution in [0.3, 0.4) is 0 Å². The number of hydrogen-bond acceptors (Lipinski definition) is 6. The summed E-state index contributed by atoms with van der Waals surface area (Å²) >= 11 is 1.29. The number of ether oxygens (including phenoxy) is 1. The highest BCUT2D eigenvalue weighted by molar-refractivity contribution is 7.98. The average Bonchev–Trinajstić information content (AvgIpc) is 3.14. The molecule has 0 unspecified atom stereocenters. The van der Waals surface area contributed by atoms with Crippen LogP contribution >= 0.6 is 11.8 Å². The Balaban J connectivity index is 1.72. The minimum absolute atomic E-state index is 0.0167. The second-order valence-corrected chi connectivity index (χ2v) is 7.19. The number of amides is 1. The molecule has 0 radical (unpaired) electrons. The van der Waals surface area contributed by atoms with Crippen molar-refractivity contribution in [3.05, 3.63) is 36.0 Å². The molecule has 0 aliphatic heterocycles. The van der Waals surface area contributed by atoms with Gasteiger partial charge in [-0.25, -0.2) is 9.78 Å². The smallest absolute Gasteiger partial charge is 0.342 e. The molecular formula is C19H21N3O4S. The number of rotatable bonds is 7. The van der Waals surface area contributed by atoms with Crippen molar-refractivity contribution >= 4 is 29.3 Å². The van der Waals surface area contributed by atoms with Gasteiger partial charge < -0.3 is 15.2 Å². The zero-order valence-electron chi connectivity index (χ0n) is 15.0. The quantitative estimate of drug-likeness (QED) is 0.542. The molecule has 1 fully saturated rings. The lowest BCUT2D eigenvalue weighted by molar-refractivity contribution is -0.117. The number of thioether (sulfide) groups is 1. The summed E-state index contributed by atoms with van der Waals surface area (Å²) in [4.78, 5) is 31.7. The first-order chi connectivity index (χ1) is 13.0. The van der Waals surface area contributed by atoms with Crippen LogP contribution in [0.15, 0.2) is 35.6 Å². The summed E-state index contributed by atoms with van der Waals surface area (Å²) in [5, 5.41) is 12.6. The van der Waals surface area contributed by atoms with Crippen LogP contribution in [0.25, 0.3) is 0 Å². The molecule has 2 N–H and O–H groups in total. The molecule has 1 heterocycles. The highest BCUT2D eigenvalue weighted by Crippen LogP contribution is 2.29. The molecule has 8 heteroatoms. The molecule has 0 spiro atoms. The van der Waals surface area contributed by atoms with Gasteiger partial charge in [0.1, 0.15) is 11.3 Å². The van der Waals surface area contributed by atoms with Gasteiger partial charge in [0.2, 0.25) is 11.8 Å². The van der Waals surface area contributed by atoms with Gasteiger partial charge in [0.15, 0.2) is 5.16 Å². The molecule has 27 heavy (non-hydrogen) atoms. The number of nitrogens with one attached hydrogen (secondary N) is 1. The van der Waals surface area contributed by atoms with Crippen LogP contribution < -0.4 is 10.1 Å². The third-order valence-corrected chi connectivity index (χ3v) is 4.99. The molecule has 3 rings (SSSR count). The first-order valence-corrected chi connectivity index (χ1v) is 9.99. The van der Waals surface area contributed by atoms with Crippen LogP contribution in [0.2, 0.25) is 0 Å². The molecule has 1 aliphatic rings. The molecule has 1 saturated carbocycles. The van der Waals surface area contributed by atoms with E-state index in [2.05, 4.69) is 15.3 Å². The molecule has 1 amide bonds. The standard InChI is InChI=1S/C19H21N3O4S/c1-27-19-20-11-15(18(24)25)17(22-19)26-14-8-4-7-13(10-14)21-16(23)9-12-5-2-3-6-12/h4,7-8,10-12H,2-3,5-6,9H2,1H3,(H,21,23)(H,24,25). The van der Waals surface area contributed by atoms with E-state index in [4.69, 9.17) is 4.74 Å². The van der Waals surface area contributed by atoms with Crippen LogP contribution in [0, 0.1) is 5.92 Å². The van der Waals surface area contributed by atoms with Gasteiger partial charge in [0.25, 0.3) is 0 Å². The van der Waals surface area contributed by atoms with Crippen LogP contribution in [0.5, 0.6) is 11.6 Å². The van der Waals surface area contributed by atoms with E-state index in [9.17, 15) is 14.7 Å². The molecule has 1 aromatic carbocycles. The predicted octanol–water partition coefficient (Wildman–Crippen LogP) is 4.21. The van der Waals surface area contributed by atoms with Crippen molar-refractivity contribution in [1.82, 2.24) is 9.97 Å². The Morgan fingerprint density at radius 2 is 2.11 bits per heavy atom. The van der Waals surface area contributed by atoms with Crippen molar-refractivity contribution in [1.29, 1.82) is 0 Å². The van der Waals surface area contributed by atoms with Crippen LogP contribution in [-0.4, -0.2) is 33.2 Å². The number of benzene rings is 1. The molecule has 0 bridgehead atoms. The number of nitrogens with zero attached hydrogens (tertiary/aromatic N) is 2. The number of carboxylic acids is 1. The SMILES string of the molecule is CSc1ncc(C(=O)O)c(Oc2cccc(NC(=O)CC3CCCC3)c2)n1. The molecule has 142 valence electrons. The third-order valence-electron chi connectivity index (χ3n) is 4.43. The number of anilines is 1. The summed E-state index contributed by atoms with van der Waals surface area (Å²) in [5.74, 6) is -0.359. The van der Waals surface area contributed by atoms with Crippen molar-refractivity contribution in [2.24, 2.45) is 5.92 Å². The number of hydrogen-bond donors (Lipinski definition) is 2. The lowest BCUT2D eigenvalue weighted by Crippen LogP contribution is -2.15. The first kappa shape index (κ1) is 19.2. The van der Waals surface area contributed by atoms with E-state index >= 15 is 0 Å². The largest absolute Gasteiger partial charge is 0.477 e. The third kappa shape index (κ3) is 5.19. The number of carbonyl (C=O) groups excluding carboxylic acids is 1. The number of carbonyl (C=O) groups is 2. The van der Waals surface area contributed by atoms with E-state index in [1.807, 2.05) is 0 Å². The monoisotopic (exact) mass is 387 g/mol. The number of aromatic nitrogens is 2. The van der Waals surface area contributed by atoms with E-state index in [-0.39, 0.29) is 17.4 Å². The Hall–Kier alpha value is -2.61. The second kappa shape index (κ2) is 8.85. The number of carboxylic acid groups (broad SMARTS) is 1. The Bertz CT molecular complexity index is 837.